The molecule has 0 saturated heterocycles. The number of halogens is 2. The third-order valence-corrected chi connectivity index (χ3v) is 2.27. The molecular weight excluding hydrogens is 279 g/mol. The predicted octanol–water partition coefficient (Wildman–Crippen LogP) is 1.61. The van der Waals surface area contributed by atoms with Crippen molar-refractivity contribution in [2.45, 2.75) is 0 Å². The summed E-state index contributed by atoms with van der Waals surface area (Å²) in [7, 11) is 0. The Labute approximate surface area is 100 Å². The third kappa shape index (κ3) is 3.87. The molecular formula is C10H8BrFN2O2. The van der Waals surface area contributed by atoms with E-state index >= 15 is 0 Å². The molecule has 0 bridgehead atoms. The number of carbonyl (C=O) groups is 1. The van der Waals surface area contributed by atoms with Crippen LogP contribution in [-0.2, 0) is 4.79 Å². The van der Waals surface area contributed by atoms with Crippen molar-refractivity contribution in [1.29, 1.82) is 5.26 Å². The summed E-state index contributed by atoms with van der Waals surface area (Å²) in [5.41, 5.74) is 0. The summed E-state index contributed by atoms with van der Waals surface area (Å²) in [5, 5.41) is 10.5. The Bertz CT molecular complexity index is 431. The second kappa shape index (κ2) is 6.08. The van der Waals surface area contributed by atoms with Gasteiger partial charge in [-0.3, -0.25) is 4.79 Å². The van der Waals surface area contributed by atoms with Gasteiger partial charge in [-0.15, -0.1) is 0 Å². The largest absolute Gasteiger partial charge is 0.484 e. The van der Waals surface area contributed by atoms with Crippen LogP contribution in [0.5, 0.6) is 5.75 Å². The van der Waals surface area contributed by atoms with E-state index in [0.717, 1.165) is 0 Å². The van der Waals surface area contributed by atoms with Crippen molar-refractivity contribution in [2.24, 2.45) is 0 Å². The number of nitrogens with zero attached hydrogens (tertiary/aromatic N) is 1. The number of nitriles is 1. The monoisotopic (exact) mass is 286 g/mol. The molecule has 4 nitrogen and oxygen atoms in total. The molecule has 0 aliphatic heterocycles. The van der Waals surface area contributed by atoms with Crippen molar-refractivity contribution >= 4 is 21.8 Å². The molecule has 0 saturated carbocycles. The van der Waals surface area contributed by atoms with E-state index in [4.69, 9.17) is 10.00 Å². The highest BCUT2D eigenvalue weighted by molar-refractivity contribution is 9.10. The Hall–Kier alpha value is -1.61. The van der Waals surface area contributed by atoms with Gasteiger partial charge in [-0.05, 0) is 28.1 Å². The zero-order valence-electron chi connectivity index (χ0n) is 8.17. The number of hydrogen-bond donors (Lipinski definition) is 1. The van der Waals surface area contributed by atoms with Crippen LogP contribution in [0.25, 0.3) is 0 Å². The molecule has 0 radical (unpaired) electrons. The van der Waals surface area contributed by atoms with Gasteiger partial charge >= 0.3 is 0 Å². The molecule has 1 aromatic rings. The average molecular weight is 287 g/mol. The maximum absolute atomic E-state index is 13.0. The number of amides is 1. The van der Waals surface area contributed by atoms with E-state index in [9.17, 15) is 9.18 Å². The first-order valence-electron chi connectivity index (χ1n) is 4.35. The zero-order chi connectivity index (χ0) is 12.0. The van der Waals surface area contributed by atoms with Crippen molar-refractivity contribution in [2.75, 3.05) is 13.2 Å². The predicted molar refractivity (Wildman–Crippen MR) is 58.2 cm³/mol. The molecule has 0 aliphatic carbocycles. The Morgan fingerprint density at radius 2 is 2.38 bits per heavy atom. The average Bonchev–Trinajstić information content (AvgIpc) is 2.28. The molecule has 0 fully saturated rings. The second-order valence-electron chi connectivity index (χ2n) is 2.80. The molecule has 16 heavy (non-hydrogen) atoms. The van der Waals surface area contributed by atoms with Crippen LogP contribution in [0, 0.1) is 17.1 Å². The van der Waals surface area contributed by atoms with Crippen LogP contribution in [0.4, 0.5) is 4.39 Å². The van der Waals surface area contributed by atoms with Crippen molar-refractivity contribution in [3.8, 4) is 11.8 Å². The Morgan fingerprint density at radius 1 is 1.62 bits per heavy atom. The van der Waals surface area contributed by atoms with E-state index in [1.165, 1.54) is 18.2 Å². The fourth-order valence-electron chi connectivity index (χ4n) is 0.905. The number of ether oxygens (including phenoxy) is 1. The molecule has 1 N–H and O–H groups in total. The van der Waals surface area contributed by atoms with Crippen LogP contribution >= 0.6 is 15.9 Å². The molecule has 1 amide bonds. The van der Waals surface area contributed by atoms with Gasteiger partial charge in [0.15, 0.2) is 6.61 Å². The van der Waals surface area contributed by atoms with Crippen molar-refractivity contribution in [3.05, 3.63) is 28.5 Å². The van der Waals surface area contributed by atoms with Crippen molar-refractivity contribution < 1.29 is 13.9 Å². The first-order valence-corrected chi connectivity index (χ1v) is 5.14. The topological polar surface area (TPSA) is 62.1 Å². The van der Waals surface area contributed by atoms with Gasteiger partial charge in [-0.2, -0.15) is 5.26 Å². The minimum atomic E-state index is -0.463. The molecule has 0 atom stereocenters. The number of hydrogen-bond acceptors (Lipinski definition) is 3. The van der Waals surface area contributed by atoms with Gasteiger partial charge in [0.05, 0.1) is 10.5 Å². The Balaban J connectivity index is 2.46. The minimum Gasteiger partial charge on any atom is -0.484 e. The summed E-state index contributed by atoms with van der Waals surface area (Å²) in [5.74, 6) is -0.632. The summed E-state index contributed by atoms with van der Waals surface area (Å²) < 4.78 is 18.4. The lowest BCUT2D eigenvalue weighted by molar-refractivity contribution is -0.122. The van der Waals surface area contributed by atoms with Gasteiger partial charge in [-0.1, -0.05) is 0 Å². The van der Waals surface area contributed by atoms with Crippen molar-refractivity contribution in [3.63, 3.8) is 0 Å². The molecule has 0 aromatic heterocycles. The normalized spacial score (nSPS) is 9.31. The van der Waals surface area contributed by atoms with Crippen LogP contribution in [0.15, 0.2) is 22.7 Å². The summed E-state index contributed by atoms with van der Waals surface area (Å²) in [6, 6.07) is 5.94. The lowest BCUT2D eigenvalue weighted by atomic mass is 10.3. The quantitative estimate of drug-likeness (QED) is 0.856. The van der Waals surface area contributed by atoms with Crippen LogP contribution < -0.4 is 10.1 Å². The minimum absolute atomic E-state index is 0.0725. The molecule has 1 aromatic carbocycles. The maximum atomic E-state index is 13.0. The molecule has 0 spiro atoms. The van der Waals surface area contributed by atoms with Crippen LogP contribution in [0.3, 0.4) is 0 Å². The van der Waals surface area contributed by atoms with Crippen LogP contribution in [0.2, 0.25) is 0 Å². The van der Waals surface area contributed by atoms with Gasteiger partial charge in [0, 0.05) is 6.07 Å². The van der Waals surface area contributed by atoms with E-state index < -0.39 is 11.7 Å². The molecule has 6 heteroatoms. The maximum Gasteiger partial charge on any atom is 0.258 e. The van der Waals surface area contributed by atoms with Crippen molar-refractivity contribution in [1.82, 2.24) is 5.32 Å². The van der Waals surface area contributed by atoms with E-state index in [1.54, 1.807) is 6.07 Å². The fraction of sp³-hybridized carbons (Fsp3) is 0.200. The van der Waals surface area contributed by atoms with Gasteiger partial charge in [0.25, 0.3) is 5.91 Å². The number of rotatable bonds is 4. The highest BCUT2D eigenvalue weighted by atomic mass is 79.9. The molecule has 0 aliphatic rings. The first kappa shape index (κ1) is 12.5. The number of nitrogens with one attached hydrogen (secondary N) is 1. The van der Waals surface area contributed by atoms with E-state index in [2.05, 4.69) is 21.2 Å². The zero-order valence-corrected chi connectivity index (χ0v) is 9.75. The Kier molecular flexibility index (Phi) is 4.73. The summed E-state index contributed by atoms with van der Waals surface area (Å²) >= 11 is 3.00. The second-order valence-corrected chi connectivity index (χ2v) is 3.65. The van der Waals surface area contributed by atoms with E-state index in [-0.39, 0.29) is 18.9 Å². The molecule has 0 unspecified atom stereocenters. The third-order valence-electron chi connectivity index (χ3n) is 1.63. The van der Waals surface area contributed by atoms with E-state index in [1.807, 2.05) is 0 Å². The van der Waals surface area contributed by atoms with Crippen LogP contribution in [0.1, 0.15) is 0 Å². The highest BCUT2D eigenvalue weighted by Crippen LogP contribution is 2.20. The van der Waals surface area contributed by atoms with Gasteiger partial charge in [0.1, 0.15) is 18.1 Å². The lowest BCUT2D eigenvalue weighted by Crippen LogP contribution is -2.29. The highest BCUT2D eigenvalue weighted by Gasteiger charge is 2.04. The van der Waals surface area contributed by atoms with Gasteiger partial charge in [0.2, 0.25) is 0 Å². The SMILES string of the molecule is N#CCNC(=O)COc1ccc(Br)c(F)c1. The molecule has 1 rings (SSSR count). The fourth-order valence-corrected chi connectivity index (χ4v) is 1.15. The molecule has 0 heterocycles. The lowest BCUT2D eigenvalue weighted by Gasteiger charge is -2.05. The molecule has 84 valence electrons. The van der Waals surface area contributed by atoms with E-state index in [0.29, 0.717) is 4.47 Å². The first-order chi connectivity index (χ1) is 7.63. The number of benzene rings is 1. The van der Waals surface area contributed by atoms with Gasteiger partial charge < -0.3 is 10.1 Å². The summed E-state index contributed by atoms with van der Waals surface area (Å²) in [6.45, 7) is -0.320. The van der Waals surface area contributed by atoms with Gasteiger partial charge in [-0.25, -0.2) is 4.39 Å². The number of carbonyl (C=O) groups excluding carboxylic acids is 1. The van der Waals surface area contributed by atoms with Crippen LogP contribution in [-0.4, -0.2) is 19.1 Å². The smallest absolute Gasteiger partial charge is 0.258 e. The summed E-state index contributed by atoms with van der Waals surface area (Å²) in [4.78, 5) is 11.0. The standard InChI is InChI=1S/C10H8BrFN2O2/c11-8-2-1-7(5-9(8)12)16-6-10(15)14-4-3-13/h1-2,5H,4,6H2,(H,14,15). The Morgan fingerprint density at radius 3 is 3.00 bits per heavy atom. The summed E-state index contributed by atoms with van der Waals surface area (Å²) in [6.07, 6.45) is 0.